The Kier molecular flexibility index (Phi) is 6.04. The summed E-state index contributed by atoms with van der Waals surface area (Å²) in [6, 6.07) is 16.0. The summed E-state index contributed by atoms with van der Waals surface area (Å²) in [5.74, 6) is 0.0196. The van der Waals surface area contributed by atoms with Crippen LogP contribution in [0.5, 0.6) is 0 Å². The van der Waals surface area contributed by atoms with Gasteiger partial charge >= 0.3 is 0 Å². The van der Waals surface area contributed by atoms with Crippen LogP contribution in [0.3, 0.4) is 0 Å². The Labute approximate surface area is 200 Å². The van der Waals surface area contributed by atoms with E-state index in [-0.39, 0.29) is 30.6 Å². The molecule has 0 saturated heterocycles. The summed E-state index contributed by atoms with van der Waals surface area (Å²) >= 11 is 0. The zero-order valence-electron chi connectivity index (χ0n) is 20.1. The van der Waals surface area contributed by atoms with E-state index in [0.29, 0.717) is 19.7 Å². The van der Waals surface area contributed by atoms with E-state index in [4.69, 9.17) is 4.74 Å². The minimum Gasteiger partial charge on any atom is -0.379 e. The monoisotopic (exact) mass is 460 g/mol. The first-order valence-corrected chi connectivity index (χ1v) is 12.1. The molecule has 3 heterocycles. The average Bonchev–Trinajstić information content (AvgIpc) is 3.15. The zero-order valence-corrected chi connectivity index (χ0v) is 20.1. The molecule has 3 aromatic rings. The van der Waals surface area contributed by atoms with Crippen LogP contribution in [0.4, 0.5) is 5.69 Å². The van der Waals surface area contributed by atoms with E-state index >= 15 is 0 Å². The number of amides is 2. The van der Waals surface area contributed by atoms with Crippen molar-refractivity contribution in [2.75, 3.05) is 31.6 Å². The van der Waals surface area contributed by atoms with Crippen molar-refractivity contribution in [3.05, 3.63) is 65.4 Å². The quantitative estimate of drug-likeness (QED) is 0.546. The molecule has 1 N–H and O–H groups in total. The Morgan fingerprint density at radius 1 is 1.15 bits per heavy atom. The number of nitrogens with zero attached hydrogens (tertiary/aromatic N) is 3. The third-order valence-electron chi connectivity index (χ3n) is 6.80. The smallest absolute Gasteiger partial charge is 0.257 e. The van der Waals surface area contributed by atoms with Gasteiger partial charge in [0.1, 0.15) is 12.7 Å². The number of rotatable bonds is 7. The van der Waals surface area contributed by atoms with Crippen LogP contribution in [-0.2, 0) is 22.5 Å². The number of para-hydroxylation sites is 2. The first-order chi connectivity index (χ1) is 16.5. The van der Waals surface area contributed by atoms with Gasteiger partial charge in [-0.05, 0) is 50.5 Å². The molecule has 2 amide bonds. The molecule has 34 heavy (non-hydrogen) atoms. The number of carbonyl (C=O) groups excluding carboxylic acids is 2. The Balaban J connectivity index is 1.48. The average molecular weight is 461 g/mol. The van der Waals surface area contributed by atoms with Crippen LogP contribution >= 0.6 is 0 Å². The first kappa shape index (κ1) is 22.5. The van der Waals surface area contributed by atoms with E-state index in [1.54, 1.807) is 0 Å². The van der Waals surface area contributed by atoms with Crippen molar-refractivity contribution in [3.8, 4) is 0 Å². The highest BCUT2D eigenvalue weighted by atomic mass is 16.5. The minimum atomic E-state index is -0.245. The molecule has 178 valence electrons. The lowest BCUT2D eigenvalue weighted by Gasteiger charge is -2.46. The Morgan fingerprint density at radius 2 is 1.91 bits per heavy atom. The summed E-state index contributed by atoms with van der Waals surface area (Å²) in [6.07, 6.45) is 1.50. The molecule has 2 aliphatic heterocycles. The lowest BCUT2D eigenvalue weighted by Crippen LogP contribution is -2.51. The van der Waals surface area contributed by atoms with E-state index in [1.807, 2.05) is 62.2 Å². The number of anilines is 1. The lowest BCUT2D eigenvalue weighted by atomic mass is 9.96. The number of nitrogens with one attached hydrogen (secondary N) is 1. The second-order valence-corrected chi connectivity index (χ2v) is 9.34. The molecule has 5 rings (SSSR count). The van der Waals surface area contributed by atoms with Gasteiger partial charge in [0, 0.05) is 37.6 Å². The SMILES string of the molecule is CC(C)OCCCNC(=O)Cn1c2c(c3ccccc31)CCN1C(=O)c3ccccc3N(C)[C@@H]21. The third kappa shape index (κ3) is 3.84. The zero-order chi connectivity index (χ0) is 23.8. The van der Waals surface area contributed by atoms with Gasteiger partial charge in [-0.1, -0.05) is 30.3 Å². The van der Waals surface area contributed by atoms with Gasteiger partial charge in [-0.25, -0.2) is 0 Å². The minimum absolute atomic E-state index is 0.0320. The second-order valence-electron chi connectivity index (χ2n) is 9.34. The molecule has 2 aromatic carbocycles. The standard InChI is InChI=1S/C27H32N4O3/c1-18(2)34-16-8-14-28-24(32)17-31-23-12-7-4-9-19(23)20-13-15-30-26(25(20)31)29(3)22-11-6-5-10-21(22)27(30)33/h4-7,9-12,18,26H,8,13-17H2,1-3H3,(H,28,32)/t26-/m1/s1. The van der Waals surface area contributed by atoms with Crippen LogP contribution in [0, 0.1) is 0 Å². The molecule has 7 nitrogen and oxygen atoms in total. The maximum absolute atomic E-state index is 13.4. The highest BCUT2D eigenvalue weighted by molar-refractivity contribution is 6.02. The van der Waals surface area contributed by atoms with E-state index in [2.05, 4.69) is 26.9 Å². The fraction of sp³-hybridized carbons (Fsp3) is 0.407. The topological polar surface area (TPSA) is 66.8 Å². The Morgan fingerprint density at radius 3 is 2.74 bits per heavy atom. The number of ether oxygens (including phenoxy) is 1. The number of hydrogen-bond donors (Lipinski definition) is 1. The van der Waals surface area contributed by atoms with Crippen LogP contribution in [0.15, 0.2) is 48.5 Å². The number of carbonyl (C=O) groups is 2. The largest absolute Gasteiger partial charge is 0.379 e. The summed E-state index contributed by atoms with van der Waals surface area (Å²) in [4.78, 5) is 30.5. The van der Waals surface area contributed by atoms with E-state index in [9.17, 15) is 9.59 Å². The molecule has 0 bridgehead atoms. The molecule has 0 saturated carbocycles. The predicted octanol–water partition coefficient (Wildman–Crippen LogP) is 3.72. The Bertz CT molecular complexity index is 1230. The van der Waals surface area contributed by atoms with Gasteiger partial charge in [0.2, 0.25) is 5.91 Å². The molecule has 0 spiro atoms. The van der Waals surface area contributed by atoms with Crippen molar-refractivity contribution >= 4 is 28.4 Å². The molecule has 7 heteroatoms. The van der Waals surface area contributed by atoms with Crippen LogP contribution in [-0.4, -0.2) is 54.1 Å². The molecule has 2 aliphatic rings. The van der Waals surface area contributed by atoms with Crippen LogP contribution < -0.4 is 10.2 Å². The molecule has 0 fully saturated rings. The fourth-order valence-corrected chi connectivity index (χ4v) is 5.30. The Hall–Kier alpha value is -3.32. The van der Waals surface area contributed by atoms with Crippen molar-refractivity contribution < 1.29 is 14.3 Å². The van der Waals surface area contributed by atoms with E-state index < -0.39 is 0 Å². The lowest BCUT2D eigenvalue weighted by molar-refractivity contribution is -0.121. The molecule has 0 unspecified atom stereocenters. The maximum Gasteiger partial charge on any atom is 0.257 e. The van der Waals surface area contributed by atoms with Gasteiger partial charge in [0.05, 0.1) is 23.0 Å². The predicted molar refractivity (Wildman–Crippen MR) is 133 cm³/mol. The number of aromatic nitrogens is 1. The van der Waals surface area contributed by atoms with Crippen molar-refractivity contribution in [1.82, 2.24) is 14.8 Å². The summed E-state index contributed by atoms with van der Waals surface area (Å²) in [5.41, 5.74) is 4.96. The molecular formula is C27H32N4O3. The number of benzene rings is 2. The van der Waals surface area contributed by atoms with E-state index in [1.165, 1.54) is 5.56 Å². The van der Waals surface area contributed by atoms with Gasteiger partial charge in [0.25, 0.3) is 5.91 Å². The van der Waals surface area contributed by atoms with Gasteiger partial charge in [-0.3, -0.25) is 9.59 Å². The van der Waals surface area contributed by atoms with Gasteiger partial charge in [-0.15, -0.1) is 0 Å². The summed E-state index contributed by atoms with van der Waals surface area (Å²) in [7, 11) is 2.04. The molecule has 1 atom stereocenters. The van der Waals surface area contributed by atoms with Crippen LogP contribution in [0.1, 0.15) is 48.0 Å². The molecule has 1 aromatic heterocycles. The molecule has 0 aliphatic carbocycles. The van der Waals surface area contributed by atoms with Crippen molar-refractivity contribution in [2.45, 2.75) is 45.5 Å². The molecular weight excluding hydrogens is 428 g/mol. The second kappa shape index (κ2) is 9.14. The number of hydrogen-bond acceptors (Lipinski definition) is 4. The van der Waals surface area contributed by atoms with Crippen molar-refractivity contribution in [2.24, 2.45) is 0 Å². The maximum atomic E-state index is 13.4. The summed E-state index contributed by atoms with van der Waals surface area (Å²) in [6.45, 7) is 6.10. The highest BCUT2D eigenvalue weighted by Crippen LogP contribution is 2.44. The third-order valence-corrected chi connectivity index (χ3v) is 6.80. The fourth-order valence-electron chi connectivity index (χ4n) is 5.30. The normalized spacial score (nSPS) is 17.1. The summed E-state index contributed by atoms with van der Waals surface area (Å²) < 4.78 is 7.68. The summed E-state index contributed by atoms with van der Waals surface area (Å²) in [5, 5.41) is 4.20. The molecule has 0 radical (unpaired) electrons. The number of fused-ring (bicyclic) bond motifs is 6. The van der Waals surface area contributed by atoms with Crippen molar-refractivity contribution in [3.63, 3.8) is 0 Å². The van der Waals surface area contributed by atoms with Gasteiger partial charge in [-0.2, -0.15) is 0 Å². The van der Waals surface area contributed by atoms with Crippen molar-refractivity contribution in [1.29, 1.82) is 0 Å². The van der Waals surface area contributed by atoms with E-state index in [0.717, 1.165) is 40.7 Å². The highest BCUT2D eigenvalue weighted by Gasteiger charge is 2.42. The van der Waals surface area contributed by atoms with Gasteiger partial charge in [0.15, 0.2) is 0 Å². The van der Waals surface area contributed by atoms with Crippen LogP contribution in [0.25, 0.3) is 10.9 Å². The first-order valence-electron chi connectivity index (χ1n) is 12.1. The van der Waals surface area contributed by atoms with Gasteiger partial charge < -0.3 is 24.4 Å². The van der Waals surface area contributed by atoms with Crippen LogP contribution in [0.2, 0.25) is 0 Å².